The van der Waals surface area contributed by atoms with Crippen molar-refractivity contribution in [1.29, 1.82) is 0 Å². The number of amides is 1. The van der Waals surface area contributed by atoms with E-state index in [1.807, 2.05) is 0 Å². The number of carboxylic acids is 1. The zero-order chi connectivity index (χ0) is 43.0. The maximum Gasteiger partial charge on any atom is 0.335 e. The van der Waals surface area contributed by atoms with Crippen molar-refractivity contribution in [2.45, 2.75) is 136 Å². The number of carbonyl (C=O) groups is 2. The minimum absolute atomic E-state index is 0.00552. The number of H-pyrrole nitrogens is 1. The van der Waals surface area contributed by atoms with Gasteiger partial charge in [-0.05, 0) is 37.1 Å². The number of aromatic amines is 1. The van der Waals surface area contributed by atoms with Gasteiger partial charge in [0.25, 0.3) is 5.91 Å². The summed E-state index contributed by atoms with van der Waals surface area (Å²) in [6.07, 6.45) is -34.7. The average molecular weight is 851 g/mol. The van der Waals surface area contributed by atoms with Crippen LogP contribution in [-0.2, 0) is 49.2 Å². The number of fused-ring (bicyclic) bond motifs is 1. The summed E-state index contributed by atoms with van der Waals surface area (Å²) in [5, 5.41) is 139. The van der Waals surface area contributed by atoms with E-state index in [-0.39, 0.29) is 18.7 Å². The van der Waals surface area contributed by atoms with E-state index >= 15 is 0 Å². The van der Waals surface area contributed by atoms with Crippen molar-refractivity contribution in [2.75, 3.05) is 19.8 Å². The highest BCUT2D eigenvalue weighted by Gasteiger charge is 2.54. The number of benzene rings is 1. The third-order valence-corrected chi connectivity index (χ3v) is 10.8. The Morgan fingerprint density at radius 3 is 1.93 bits per heavy atom. The smallest absolute Gasteiger partial charge is 0.335 e. The third kappa shape index (κ3) is 9.35. The van der Waals surface area contributed by atoms with E-state index in [1.54, 1.807) is 18.3 Å². The van der Waals surface area contributed by atoms with E-state index < -0.39 is 148 Å². The van der Waals surface area contributed by atoms with Gasteiger partial charge in [0.05, 0.1) is 19.3 Å². The molecular weight excluding hydrogens is 800 g/mol. The van der Waals surface area contributed by atoms with Crippen LogP contribution in [0.2, 0.25) is 0 Å². The molecule has 20 atom stereocenters. The first-order valence-corrected chi connectivity index (χ1v) is 18.7. The number of phenols is 1. The van der Waals surface area contributed by atoms with Gasteiger partial charge in [-0.1, -0.05) is 0 Å². The van der Waals surface area contributed by atoms with Crippen LogP contribution in [0.5, 0.6) is 5.75 Å². The Hall–Kier alpha value is -3.22. The summed E-state index contributed by atoms with van der Waals surface area (Å²) in [4.78, 5) is 27.7. The first-order chi connectivity index (χ1) is 27.9. The van der Waals surface area contributed by atoms with E-state index in [9.17, 15) is 76.0 Å². The van der Waals surface area contributed by atoms with Crippen LogP contribution in [0.15, 0.2) is 24.4 Å². The lowest BCUT2D eigenvalue weighted by Gasteiger charge is -2.47. The normalized spacial score (nSPS) is 43.1. The van der Waals surface area contributed by atoms with Crippen molar-refractivity contribution in [3.05, 3.63) is 30.0 Å². The maximum absolute atomic E-state index is 13.2. The van der Waals surface area contributed by atoms with Gasteiger partial charge in [-0.3, -0.25) is 4.79 Å². The average Bonchev–Trinajstić information content (AvgIpc) is 3.60. The molecule has 0 radical (unpaired) electrons. The molecule has 2 aromatic rings. The summed E-state index contributed by atoms with van der Waals surface area (Å²) in [6, 6.07) is 4.72. The molecule has 1 aromatic carbocycles. The second-order valence-corrected chi connectivity index (χ2v) is 14.8. The Morgan fingerprint density at radius 2 is 1.31 bits per heavy atom. The van der Waals surface area contributed by atoms with E-state index in [4.69, 9.17) is 33.2 Å². The molecule has 15 N–H and O–H groups in total. The Morgan fingerprint density at radius 1 is 0.712 bits per heavy atom. The zero-order valence-electron chi connectivity index (χ0n) is 31.2. The molecule has 6 rings (SSSR count). The zero-order valence-corrected chi connectivity index (χ0v) is 31.2. The van der Waals surface area contributed by atoms with Crippen LogP contribution in [0.3, 0.4) is 0 Å². The van der Waals surface area contributed by atoms with Gasteiger partial charge in [0.2, 0.25) is 0 Å². The van der Waals surface area contributed by atoms with Crippen molar-refractivity contribution in [1.82, 2.24) is 10.3 Å². The lowest BCUT2D eigenvalue weighted by atomic mass is 9.94. The Labute approximate surface area is 333 Å². The summed E-state index contributed by atoms with van der Waals surface area (Å²) in [5.41, 5.74) is 1.48. The highest BCUT2D eigenvalue weighted by molar-refractivity contribution is 5.85. The molecule has 24 heteroatoms. The molecule has 0 saturated carbocycles. The second kappa shape index (κ2) is 18.8. The van der Waals surface area contributed by atoms with Crippen molar-refractivity contribution in [3.63, 3.8) is 0 Å². The molecule has 0 bridgehead atoms. The highest BCUT2D eigenvalue weighted by atomic mass is 16.7. The molecule has 24 nitrogen and oxygen atoms in total. The number of aliphatic carboxylic acids is 1. The number of aromatic hydroxyl groups is 1. The van der Waals surface area contributed by atoms with Gasteiger partial charge in [0.15, 0.2) is 31.1 Å². The number of nitrogens with one attached hydrogen (secondary N) is 2. The van der Waals surface area contributed by atoms with Gasteiger partial charge in [-0.25, -0.2) is 4.79 Å². The van der Waals surface area contributed by atoms with Crippen LogP contribution in [0.25, 0.3) is 10.9 Å². The largest absolute Gasteiger partial charge is 0.508 e. The SMILES string of the molecule is CC1OC(COC2OC(CO)C(O)C(OC3OC(C(=O)NCCc4c[nH]c5ccc(O)cc45)C(O)C(O)C3O)C2O)C(O)C(OC2OC(C(=O)O)C(O)C(O)C2O)C1O. The predicted molar refractivity (Wildman–Crippen MR) is 187 cm³/mol. The van der Waals surface area contributed by atoms with Crippen LogP contribution < -0.4 is 5.32 Å². The summed E-state index contributed by atoms with van der Waals surface area (Å²) < 4.78 is 38.6. The molecule has 1 amide bonds. The van der Waals surface area contributed by atoms with Gasteiger partial charge >= 0.3 is 5.97 Å². The van der Waals surface area contributed by atoms with Crippen molar-refractivity contribution >= 4 is 22.8 Å². The lowest BCUT2D eigenvalue weighted by molar-refractivity contribution is -0.361. The molecule has 4 aliphatic heterocycles. The van der Waals surface area contributed by atoms with Gasteiger partial charge in [-0.15, -0.1) is 0 Å². The number of carbonyl (C=O) groups excluding carboxylic acids is 1. The van der Waals surface area contributed by atoms with E-state index in [1.165, 1.54) is 13.0 Å². The maximum atomic E-state index is 13.2. The Kier molecular flexibility index (Phi) is 14.4. The molecule has 4 saturated heterocycles. The first kappa shape index (κ1) is 45.3. The molecular formula is C35H50N2O22. The molecule has 20 unspecified atom stereocenters. The number of aromatic nitrogens is 1. The number of phenolic OH excluding ortho intramolecular Hbond substituents is 1. The molecule has 4 aliphatic rings. The van der Waals surface area contributed by atoms with Crippen LogP contribution in [-0.4, -0.2) is 226 Å². The van der Waals surface area contributed by atoms with Crippen molar-refractivity contribution in [2.24, 2.45) is 0 Å². The van der Waals surface area contributed by atoms with Crippen LogP contribution in [0.1, 0.15) is 12.5 Å². The van der Waals surface area contributed by atoms with Crippen LogP contribution in [0, 0.1) is 0 Å². The Balaban J connectivity index is 1.08. The minimum Gasteiger partial charge on any atom is -0.508 e. The van der Waals surface area contributed by atoms with Crippen molar-refractivity contribution in [3.8, 4) is 5.75 Å². The van der Waals surface area contributed by atoms with E-state index in [2.05, 4.69) is 10.3 Å². The number of hydrogen-bond acceptors (Lipinski definition) is 21. The summed E-state index contributed by atoms with van der Waals surface area (Å²) in [6.45, 7) is -0.197. The van der Waals surface area contributed by atoms with E-state index in [0.29, 0.717) is 5.39 Å². The fourth-order valence-electron chi connectivity index (χ4n) is 7.40. The molecule has 0 spiro atoms. The van der Waals surface area contributed by atoms with Gasteiger partial charge in [0.1, 0.15) is 91.2 Å². The summed E-state index contributed by atoms with van der Waals surface area (Å²) >= 11 is 0. The number of aliphatic hydroxyl groups excluding tert-OH is 11. The minimum atomic E-state index is -2.05. The van der Waals surface area contributed by atoms with Crippen LogP contribution >= 0.6 is 0 Å². The molecule has 1 aromatic heterocycles. The molecule has 0 aliphatic carbocycles. The molecule has 332 valence electrons. The molecule has 59 heavy (non-hydrogen) atoms. The standard InChI is InChI=1S/C35H50N2O22/c1-10-17(40)27(56-35-25(48)21(44)23(46)30(59-35)32(51)52)19(42)16(54-10)9-53-33-26(49)28(18(41)15(8-38)55-33)57-34-24(47)20(43)22(45)29(58-34)31(50)36-5-4-11-7-37-14-3-2-12(39)6-13(11)14/h2-3,6-7,10,15-30,33-35,37-49H,4-5,8-9H2,1H3,(H,36,50)(H,51,52). The monoisotopic (exact) mass is 850 g/mol. The fourth-order valence-corrected chi connectivity index (χ4v) is 7.40. The lowest BCUT2D eigenvalue weighted by Crippen LogP contribution is -2.66. The highest BCUT2D eigenvalue weighted by Crippen LogP contribution is 2.33. The fraction of sp³-hybridized carbons (Fsp3) is 0.714. The number of rotatable bonds is 13. The quantitative estimate of drug-likeness (QED) is 0.0890. The number of hydrogen-bond donors (Lipinski definition) is 15. The number of carboxylic acid groups (broad SMARTS) is 1. The second-order valence-electron chi connectivity index (χ2n) is 14.8. The van der Waals surface area contributed by atoms with E-state index in [0.717, 1.165) is 11.1 Å². The molecule has 5 heterocycles. The summed E-state index contributed by atoms with van der Waals surface area (Å²) in [7, 11) is 0. The van der Waals surface area contributed by atoms with Gasteiger partial charge in [0, 0.05) is 23.6 Å². The Bertz CT molecular complexity index is 1730. The predicted octanol–water partition coefficient (Wildman–Crippen LogP) is -7.03. The summed E-state index contributed by atoms with van der Waals surface area (Å²) in [5.74, 6) is -2.59. The topological polar surface area (TPSA) is 390 Å². The van der Waals surface area contributed by atoms with Crippen molar-refractivity contribution < 1.29 is 109 Å². The third-order valence-electron chi connectivity index (χ3n) is 10.8. The van der Waals surface area contributed by atoms with Gasteiger partial charge in [-0.2, -0.15) is 0 Å². The number of aliphatic hydroxyl groups is 11. The van der Waals surface area contributed by atoms with Crippen LogP contribution in [0.4, 0.5) is 0 Å². The molecule has 4 fully saturated rings. The van der Waals surface area contributed by atoms with Gasteiger partial charge < -0.3 is 110 Å². The first-order valence-electron chi connectivity index (χ1n) is 18.7. The number of ether oxygens (including phenoxy) is 7.